The van der Waals surface area contributed by atoms with E-state index < -0.39 is 12.0 Å². The van der Waals surface area contributed by atoms with Crippen LogP contribution < -0.4 is 10.2 Å². The maximum atomic E-state index is 12.5. The summed E-state index contributed by atoms with van der Waals surface area (Å²) in [6.07, 6.45) is -2.53. The molecule has 0 bridgehead atoms. The summed E-state index contributed by atoms with van der Waals surface area (Å²) in [4.78, 5) is 5.51. The van der Waals surface area contributed by atoms with Gasteiger partial charge in [-0.3, -0.25) is 0 Å². The van der Waals surface area contributed by atoms with Crippen LogP contribution in [0.4, 0.5) is 18.3 Å². The number of rotatable bonds is 3. The SMILES string of the molecule is CC(C)(C)NCC1CCN(c2nc(C(F)(F)F)ns2)CC1. The Balaban J connectivity index is 1.85. The van der Waals surface area contributed by atoms with Gasteiger partial charge in [0.25, 0.3) is 0 Å². The third kappa shape index (κ3) is 4.81. The third-order valence-electron chi connectivity index (χ3n) is 3.47. The standard InChI is InChI=1S/C13H21F3N4S/c1-12(2,3)17-8-9-4-6-20(7-5-9)11-18-10(19-21-11)13(14,15)16/h9,17H,4-8H2,1-3H3. The third-order valence-corrected chi connectivity index (χ3v) is 4.25. The summed E-state index contributed by atoms with van der Waals surface area (Å²) in [5, 5.41) is 3.86. The molecule has 0 unspecified atom stereocenters. The zero-order valence-corrected chi connectivity index (χ0v) is 13.3. The van der Waals surface area contributed by atoms with Crippen LogP contribution in [0.15, 0.2) is 0 Å². The van der Waals surface area contributed by atoms with Gasteiger partial charge < -0.3 is 10.2 Å². The first-order chi connectivity index (χ1) is 9.65. The molecule has 21 heavy (non-hydrogen) atoms. The Morgan fingerprint density at radius 1 is 1.24 bits per heavy atom. The van der Waals surface area contributed by atoms with Crippen molar-refractivity contribution in [1.29, 1.82) is 0 Å². The summed E-state index contributed by atoms with van der Waals surface area (Å²) < 4.78 is 40.9. The molecule has 0 atom stereocenters. The van der Waals surface area contributed by atoms with Crippen molar-refractivity contribution in [3.8, 4) is 0 Å². The minimum Gasteiger partial charge on any atom is -0.347 e. The van der Waals surface area contributed by atoms with Crippen LogP contribution in [0.5, 0.6) is 0 Å². The predicted molar refractivity (Wildman–Crippen MR) is 77.6 cm³/mol. The smallest absolute Gasteiger partial charge is 0.347 e. The fraction of sp³-hybridized carbons (Fsp3) is 0.846. The van der Waals surface area contributed by atoms with Gasteiger partial charge in [-0.25, -0.2) is 0 Å². The van der Waals surface area contributed by atoms with Gasteiger partial charge in [0.05, 0.1) is 0 Å². The van der Waals surface area contributed by atoms with Crippen LogP contribution in [-0.2, 0) is 6.18 Å². The monoisotopic (exact) mass is 322 g/mol. The second kappa shape index (κ2) is 6.08. The molecule has 1 saturated heterocycles. The quantitative estimate of drug-likeness (QED) is 0.928. The second-order valence-corrected chi connectivity index (χ2v) is 7.19. The molecule has 0 aliphatic carbocycles. The van der Waals surface area contributed by atoms with Crippen LogP contribution in [0.3, 0.4) is 0 Å². The zero-order valence-electron chi connectivity index (χ0n) is 12.5. The van der Waals surface area contributed by atoms with Gasteiger partial charge in [-0.15, -0.1) is 0 Å². The van der Waals surface area contributed by atoms with Crippen molar-refractivity contribution in [2.45, 2.75) is 45.3 Å². The molecule has 2 heterocycles. The lowest BCUT2D eigenvalue weighted by Crippen LogP contribution is -2.43. The molecule has 1 N–H and O–H groups in total. The van der Waals surface area contributed by atoms with Gasteiger partial charge in [-0.2, -0.15) is 22.5 Å². The van der Waals surface area contributed by atoms with E-state index in [4.69, 9.17) is 0 Å². The highest BCUT2D eigenvalue weighted by Gasteiger charge is 2.37. The van der Waals surface area contributed by atoms with Gasteiger partial charge in [0.15, 0.2) is 0 Å². The first-order valence-corrected chi connectivity index (χ1v) is 7.83. The van der Waals surface area contributed by atoms with Crippen molar-refractivity contribution in [2.24, 2.45) is 5.92 Å². The van der Waals surface area contributed by atoms with E-state index in [-0.39, 0.29) is 5.54 Å². The summed E-state index contributed by atoms with van der Waals surface area (Å²) in [6, 6.07) is 0. The van der Waals surface area contributed by atoms with Crippen LogP contribution in [0.2, 0.25) is 0 Å². The van der Waals surface area contributed by atoms with Crippen LogP contribution >= 0.6 is 11.5 Å². The molecule has 1 aliphatic rings. The average molecular weight is 322 g/mol. The first-order valence-electron chi connectivity index (χ1n) is 7.06. The highest BCUT2D eigenvalue weighted by Crippen LogP contribution is 2.31. The number of halogens is 3. The van der Waals surface area contributed by atoms with Crippen molar-refractivity contribution in [2.75, 3.05) is 24.5 Å². The van der Waals surface area contributed by atoms with Gasteiger partial charge in [-0.05, 0) is 46.1 Å². The Labute approximate surface area is 126 Å². The van der Waals surface area contributed by atoms with Crippen molar-refractivity contribution in [1.82, 2.24) is 14.7 Å². The molecule has 1 aromatic rings. The Kier molecular flexibility index (Phi) is 4.77. The molecule has 120 valence electrons. The number of aromatic nitrogens is 2. The molecule has 0 spiro atoms. The Hall–Kier alpha value is -0.890. The van der Waals surface area contributed by atoms with Gasteiger partial charge in [0, 0.05) is 30.2 Å². The van der Waals surface area contributed by atoms with Crippen LogP contribution in [0.1, 0.15) is 39.4 Å². The molecular formula is C13H21F3N4S. The molecule has 1 fully saturated rings. The highest BCUT2D eigenvalue weighted by atomic mass is 32.1. The molecule has 0 saturated carbocycles. The van der Waals surface area contributed by atoms with E-state index in [2.05, 4.69) is 35.4 Å². The first kappa shape index (κ1) is 16.5. The topological polar surface area (TPSA) is 41.0 Å². The number of piperidine rings is 1. The van der Waals surface area contributed by atoms with Gasteiger partial charge in [0.1, 0.15) is 0 Å². The lowest BCUT2D eigenvalue weighted by molar-refractivity contribution is -0.144. The summed E-state index contributed by atoms with van der Waals surface area (Å²) in [6.45, 7) is 8.80. The molecule has 2 rings (SSSR count). The normalized spacial score (nSPS) is 18.3. The predicted octanol–water partition coefficient (Wildman–Crippen LogP) is 3.16. The van der Waals surface area contributed by atoms with E-state index in [0.29, 0.717) is 11.0 Å². The van der Waals surface area contributed by atoms with Crippen molar-refractivity contribution in [3.63, 3.8) is 0 Å². The van der Waals surface area contributed by atoms with Crippen LogP contribution in [0, 0.1) is 5.92 Å². The van der Waals surface area contributed by atoms with Gasteiger partial charge >= 0.3 is 6.18 Å². The molecular weight excluding hydrogens is 301 g/mol. The van der Waals surface area contributed by atoms with Crippen molar-refractivity contribution < 1.29 is 13.2 Å². The molecule has 0 aromatic carbocycles. The van der Waals surface area contributed by atoms with Crippen molar-refractivity contribution in [3.05, 3.63) is 5.82 Å². The lowest BCUT2D eigenvalue weighted by atomic mass is 9.96. The summed E-state index contributed by atoms with van der Waals surface area (Å²) in [5.41, 5.74) is 0.0952. The summed E-state index contributed by atoms with van der Waals surface area (Å²) in [5.74, 6) is -0.463. The molecule has 8 heteroatoms. The number of hydrogen-bond donors (Lipinski definition) is 1. The second-order valence-electron chi connectivity index (χ2n) is 6.46. The molecule has 0 amide bonds. The average Bonchev–Trinajstić information content (AvgIpc) is 2.85. The molecule has 4 nitrogen and oxygen atoms in total. The lowest BCUT2D eigenvalue weighted by Gasteiger charge is -2.33. The van der Waals surface area contributed by atoms with Crippen molar-refractivity contribution >= 4 is 16.7 Å². The maximum absolute atomic E-state index is 12.5. The van der Waals surface area contributed by atoms with Crippen LogP contribution in [-0.4, -0.2) is 34.5 Å². The van der Waals surface area contributed by atoms with E-state index in [1.165, 1.54) is 0 Å². The molecule has 1 aliphatic heterocycles. The maximum Gasteiger partial charge on any atom is 0.452 e. The Morgan fingerprint density at radius 3 is 2.33 bits per heavy atom. The highest BCUT2D eigenvalue weighted by molar-refractivity contribution is 7.09. The van der Waals surface area contributed by atoms with E-state index in [9.17, 15) is 13.2 Å². The van der Waals surface area contributed by atoms with Gasteiger partial charge in [0.2, 0.25) is 11.0 Å². The molecule has 0 radical (unpaired) electrons. The minimum absolute atomic E-state index is 0.0952. The van der Waals surface area contributed by atoms with E-state index in [1.54, 1.807) is 0 Å². The Bertz CT molecular complexity index is 459. The van der Waals surface area contributed by atoms with E-state index in [1.807, 2.05) is 4.90 Å². The number of hydrogen-bond acceptors (Lipinski definition) is 5. The number of nitrogens with one attached hydrogen (secondary N) is 1. The van der Waals surface area contributed by atoms with Crippen LogP contribution in [0.25, 0.3) is 0 Å². The largest absolute Gasteiger partial charge is 0.452 e. The minimum atomic E-state index is -4.45. The number of nitrogens with zero attached hydrogens (tertiary/aromatic N) is 3. The van der Waals surface area contributed by atoms with E-state index in [0.717, 1.165) is 44.0 Å². The van der Waals surface area contributed by atoms with Gasteiger partial charge in [-0.1, -0.05) is 0 Å². The van der Waals surface area contributed by atoms with E-state index >= 15 is 0 Å². The zero-order chi connectivity index (χ0) is 15.7. The summed E-state index contributed by atoms with van der Waals surface area (Å²) in [7, 11) is 0. The number of alkyl halides is 3. The molecule has 1 aromatic heterocycles. The fourth-order valence-corrected chi connectivity index (χ4v) is 2.98. The fourth-order valence-electron chi connectivity index (χ4n) is 2.24. The number of anilines is 1. The summed E-state index contributed by atoms with van der Waals surface area (Å²) >= 11 is 0.831. The Morgan fingerprint density at radius 2 is 1.86 bits per heavy atom.